The molecule has 1 heterocycles. The maximum atomic E-state index is 5.58. The summed E-state index contributed by atoms with van der Waals surface area (Å²) in [6.07, 6.45) is 0.425. The van der Waals surface area contributed by atoms with E-state index < -0.39 is 0 Å². The van der Waals surface area contributed by atoms with E-state index in [1.807, 2.05) is 0 Å². The third kappa shape index (κ3) is 3.25. The smallest absolute Gasteiger partial charge is 0.0830 e. The van der Waals surface area contributed by atoms with E-state index >= 15 is 0 Å². The Morgan fingerprint density at radius 1 is 1.23 bits per heavy atom. The first kappa shape index (κ1) is 11.0. The number of nitrogens with zero attached hydrogens (tertiary/aromatic N) is 1. The molecule has 1 rings (SSSR count). The van der Waals surface area contributed by atoms with Gasteiger partial charge in [0.1, 0.15) is 0 Å². The summed E-state index contributed by atoms with van der Waals surface area (Å²) in [4.78, 5) is 2.42. The summed E-state index contributed by atoms with van der Waals surface area (Å²) >= 11 is 0. The predicted molar refractivity (Wildman–Crippen MR) is 52.9 cm³/mol. The highest BCUT2D eigenvalue weighted by atomic mass is 16.5. The number of hydrogen-bond acceptors (Lipinski definition) is 3. The van der Waals surface area contributed by atoms with Crippen molar-refractivity contribution in [2.75, 3.05) is 33.4 Å². The van der Waals surface area contributed by atoms with Gasteiger partial charge in [-0.25, -0.2) is 0 Å². The van der Waals surface area contributed by atoms with Crippen LogP contribution in [0.1, 0.15) is 20.8 Å². The van der Waals surface area contributed by atoms with Gasteiger partial charge in [-0.3, -0.25) is 4.90 Å². The van der Waals surface area contributed by atoms with E-state index in [1.165, 1.54) is 0 Å². The molecule has 0 aromatic rings. The highest BCUT2D eigenvalue weighted by molar-refractivity contribution is 4.89. The lowest BCUT2D eigenvalue weighted by molar-refractivity contribution is -0.0967. The second-order valence-electron chi connectivity index (χ2n) is 4.56. The van der Waals surface area contributed by atoms with Crippen molar-refractivity contribution in [2.45, 2.75) is 32.4 Å². The largest absolute Gasteiger partial charge is 0.382 e. The fourth-order valence-electron chi connectivity index (χ4n) is 1.39. The molecule has 1 aliphatic rings. The van der Waals surface area contributed by atoms with E-state index in [1.54, 1.807) is 7.11 Å². The molecule has 0 aromatic carbocycles. The van der Waals surface area contributed by atoms with Gasteiger partial charge in [-0.2, -0.15) is 0 Å². The Hall–Kier alpha value is -0.120. The molecule has 3 nitrogen and oxygen atoms in total. The Morgan fingerprint density at radius 3 is 2.31 bits per heavy atom. The van der Waals surface area contributed by atoms with Gasteiger partial charge in [0.15, 0.2) is 0 Å². The van der Waals surface area contributed by atoms with Crippen LogP contribution in [-0.4, -0.2) is 50.0 Å². The van der Waals surface area contributed by atoms with Gasteiger partial charge in [0, 0.05) is 25.7 Å². The molecule has 1 fully saturated rings. The van der Waals surface area contributed by atoms with Crippen LogP contribution < -0.4 is 0 Å². The summed E-state index contributed by atoms with van der Waals surface area (Å²) in [6.45, 7) is 10.3. The summed E-state index contributed by atoms with van der Waals surface area (Å²) in [7, 11) is 1.70. The van der Waals surface area contributed by atoms with Crippen molar-refractivity contribution >= 4 is 0 Å². The number of ether oxygens (including phenoxy) is 2. The van der Waals surface area contributed by atoms with Crippen molar-refractivity contribution in [1.29, 1.82) is 0 Å². The van der Waals surface area contributed by atoms with E-state index in [9.17, 15) is 0 Å². The van der Waals surface area contributed by atoms with E-state index in [0.717, 1.165) is 19.7 Å². The van der Waals surface area contributed by atoms with Gasteiger partial charge in [-0.15, -0.1) is 0 Å². The molecular weight excluding hydrogens is 166 g/mol. The maximum absolute atomic E-state index is 5.58. The Kier molecular flexibility index (Phi) is 3.71. The van der Waals surface area contributed by atoms with Crippen LogP contribution in [0.3, 0.4) is 0 Å². The lowest BCUT2D eigenvalue weighted by atomic mass is 9.99. The van der Waals surface area contributed by atoms with E-state index in [4.69, 9.17) is 9.47 Å². The van der Waals surface area contributed by atoms with E-state index in [0.29, 0.717) is 18.2 Å². The Labute approximate surface area is 81.0 Å². The normalized spacial score (nSPS) is 20.3. The van der Waals surface area contributed by atoms with Crippen molar-refractivity contribution in [3.63, 3.8) is 0 Å². The van der Waals surface area contributed by atoms with Crippen LogP contribution in [0, 0.1) is 0 Å². The topological polar surface area (TPSA) is 21.7 Å². The highest BCUT2D eigenvalue weighted by Crippen LogP contribution is 2.22. The van der Waals surface area contributed by atoms with Gasteiger partial charge in [0.25, 0.3) is 0 Å². The molecule has 13 heavy (non-hydrogen) atoms. The molecule has 0 aromatic heterocycles. The van der Waals surface area contributed by atoms with Crippen molar-refractivity contribution in [2.24, 2.45) is 0 Å². The van der Waals surface area contributed by atoms with Gasteiger partial charge in [-0.05, 0) is 20.8 Å². The zero-order valence-corrected chi connectivity index (χ0v) is 9.17. The fraction of sp³-hybridized carbons (Fsp3) is 1.00. The Morgan fingerprint density at radius 2 is 1.85 bits per heavy atom. The maximum Gasteiger partial charge on any atom is 0.0830 e. The lowest BCUT2D eigenvalue weighted by Gasteiger charge is -2.47. The minimum absolute atomic E-state index is 0.293. The third-order valence-corrected chi connectivity index (χ3v) is 2.44. The quantitative estimate of drug-likeness (QED) is 0.616. The number of likely N-dealkylation sites (tertiary alicyclic amines) is 1. The molecular formula is C10H21NO2. The zero-order chi connectivity index (χ0) is 9.90. The molecule has 0 atom stereocenters. The average molecular weight is 187 g/mol. The van der Waals surface area contributed by atoms with Gasteiger partial charge in [0.2, 0.25) is 0 Å². The standard InChI is InChI=1S/C10H21NO2/c1-10(2,3)11-7-9(8-11)13-6-5-12-4/h9H,5-8H2,1-4H3. The van der Waals surface area contributed by atoms with E-state index in [2.05, 4.69) is 25.7 Å². The summed E-state index contributed by atoms with van der Waals surface area (Å²) in [5.41, 5.74) is 0.293. The molecule has 3 heteroatoms. The van der Waals surface area contributed by atoms with Crippen molar-refractivity contribution in [3.05, 3.63) is 0 Å². The number of hydrogen-bond donors (Lipinski definition) is 0. The van der Waals surface area contributed by atoms with Crippen LogP contribution in [0.4, 0.5) is 0 Å². The number of methoxy groups -OCH3 is 1. The van der Waals surface area contributed by atoms with Crippen LogP contribution in [0.5, 0.6) is 0 Å². The molecule has 1 saturated heterocycles. The summed E-state index contributed by atoms with van der Waals surface area (Å²) < 4.78 is 10.5. The molecule has 0 spiro atoms. The summed E-state index contributed by atoms with van der Waals surface area (Å²) in [6, 6.07) is 0. The minimum Gasteiger partial charge on any atom is -0.382 e. The first-order chi connectivity index (χ1) is 6.04. The van der Waals surface area contributed by atoms with E-state index in [-0.39, 0.29) is 0 Å². The molecule has 1 aliphatic heterocycles. The SMILES string of the molecule is COCCOC1CN(C(C)(C)C)C1. The molecule has 0 N–H and O–H groups in total. The van der Waals surface area contributed by atoms with Crippen molar-refractivity contribution < 1.29 is 9.47 Å². The second-order valence-corrected chi connectivity index (χ2v) is 4.56. The predicted octanol–water partition coefficient (Wildman–Crippen LogP) is 1.13. The lowest BCUT2D eigenvalue weighted by Crippen LogP contribution is -2.59. The minimum atomic E-state index is 0.293. The van der Waals surface area contributed by atoms with Crippen molar-refractivity contribution in [1.82, 2.24) is 4.90 Å². The van der Waals surface area contributed by atoms with Crippen molar-refractivity contribution in [3.8, 4) is 0 Å². The molecule has 0 unspecified atom stereocenters. The van der Waals surface area contributed by atoms with Gasteiger partial charge < -0.3 is 9.47 Å². The Bertz CT molecular complexity index is 147. The fourth-order valence-corrected chi connectivity index (χ4v) is 1.39. The Balaban J connectivity index is 2.05. The highest BCUT2D eigenvalue weighted by Gasteiger charge is 2.34. The molecule has 0 aliphatic carbocycles. The summed E-state index contributed by atoms with van der Waals surface area (Å²) in [5, 5.41) is 0. The molecule has 78 valence electrons. The van der Waals surface area contributed by atoms with Gasteiger partial charge in [-0.1, -0.05) is 0 Å². The molecule has 0 saturated carbocycles. The third-order valence-electron chi connectivity index (χ3n) is 2.44. The average Bonchev–Trinajstić information content (AvgIpc) is 1.91. The summed E-state index contributed by atoms with van der Waals surface area (Å²) in [5.74, 6) is 0. The van der Waals surface area contributed by atoms with Gasteiger partial charge in [0.05, 0.1) is 19.3 Å². The van der Waals surface area contributed by atoms with Crippen LogP contribution in [0.25, 0.3) is 0 Å². The molecule has 0 radical (unpaired) electrons. The van der Waals surface area contributed by atoms with Crippen LogP contribution in [0.2, 0.25) is 0 Å². The monoisotopic (exact) mass is 187 g/mol. The van der Waals surface area contributed by atoms with Crippen LogP contribution in [0.15, 0.2) is 0 Å². The van der Waals surface area contributed by atoms with Crippen LogP contribution >= 0.6 is 0 Å². The van der Waals surface area contributed by atoms with Crippen LogP contribution in [-0.2, 0) is 9.47 Å². The van der Waals surface area contributed by atoms with Gasteiger partial charge >= 0.3 is 0 Å². The molecule has 0 bridgehead atoms. The zero-order valence-electron chi connectivity index (χ0n) is 9.17. The molecule has 0 amide bonds. The first-order valence-corrected chi connectivity index (χ1v) is 4.89. The second kappa shape index (κ2) is 4.40. The first-order valence-electron chi connectivity index (χ1n) is 4.89. The number of rotatable bonds is 4.